The van der Waals surface area contributed by atoms with Crippen molar-refractivity contribution in [2.45, 2.75) is 31.0 Å². The number of piperidine rings is 1. The molecule has 0 radical (unpaired) electrons. The van der Waals surface area contributed by atoms with Gasteiger partial charge in [-0.2, -0.15) is 0 Å². The van der Waals surface area contributed by atoms with E-state index in [1.165, 1.54) is 0 Å². The lowest BCUT2D eigenvalue weighted by molar-refractivity contribution is -0.145. The van der Waals surface area contributed by atoms with Crippen molar-refractivity contribution >= 4 is 27.5 Å². The molecule has 2 fully saturated rings. The monoisotopic (exact) mass is 382 g/mol. The number of hydrogen-bond donors (Lipinski definition) is 1. The van der Waals surface area contributed by atoms with Gasteiger partial charge in [0.2, 0.25) is 5.91 Å². The number of anilines is 1. The largest absolute Gasteiger partial charge is 0.377 e. The average Bonchev–Trinajstić information content (AvgIpc) is 3.01. The van der Waals surface area contributed by atoms with Crippen molar-refractivity contribution in [1.82, 2.24) is 4.90 Å². The van der Waals surface area contributed by atoms with E-state index in [-0.39, 0.29) is 17.6 Å². The Morgan fingerprint density at radius 3 is 2.87 bits per heavy atom. The molecule has 6 heteroatoms. The van der Waals surface area contributed by atoms with Crippen LogP contribution in [0.3, 0.4) is 0 Å². The molecule has 2 atom stereocenters. The Morgan fingerprint density at radius 2 is 2.22 bits per heavy atom. The number of amides is 1. The molecule has 0 aromatic heterocycles. The Labute approximate surface area is 145 Å². The van der Waals surface area contributed by atoms with Crippen molar-refractivity contribution in [2.75, 3.05) is 38.7 Å². The first-order valence-corrected chi connectivity index (χ1v) is 8.85. The summed E-state index contributed by atoms with van der Waals surface area (Å²) in [6.07, 6.45) is 3.13. The van der Waals surface area contributed by atoms with Crippen LogP contribution in [0.4, 0.5) is 5.69 Å². The van der Waals surface area contributed by atoms with Crippen molar-refractivity contribution in [1.29, 1.82) is 0 Å². The summed E-state index contributed by atoms with van der Waals surface area (Å²) in [6, 6.07) is 7.60. The number of nitrogens with zero attached hydrogens (tertiary/aromatic N) is 1. The normalized spacial score (nSPS) is 28.2. The van der Waals surface area contributed by atoms with Crippen LogP contribution in [0.15, 0.2) is 28.7 Å². The molecule has 1 N–H and O–H groups in total. The molecular weight excluding hydrogens is 360 g/mol. The number of likely N-dealkylation sites (tertiary alicyclic amines) is 1. The molecule has 2 aliphatic rings. The molecule has 1 aromatic rings. The fourth-order valence-electron chi connectivity index (χ4n) is 3.54. The van der Waals surface area contributed by atoms with E-state index in [0.717, 1.165) is 49.1 Å². The summed E-state index contributed by atoms with van der Waals surface area (Å²) < 4.78 is 12.7. The molecular formula is C17H23BrN2O3. The lowest BCUT2D eigenvalue weighted by Gasteiger charge is -2.44. The van der Waals surface area contributed by atoms with Gasteiger partial charge in [-0.15, -0.1) is 0 Å². The van der Waals surface area contributed by atoms with E-state index in [0.29, 0.717) is 6.54 Å². The average molecular weight is 383 g/mol. The second-order valence-corrected chi connectivity index (χ2v) is 7.20. The van der Waals surface area contributed by atoms with Crippen LogP contribution in [0.2, 0.25) is 0 Å². The Kier molecular flexibility index (Phi) is 5.36. The number of ether oxygens (including phenoxy) is 2. The lowest BCUT2D eigenvalue weighted by Crippen LogP contribution is -2.57. The maximum absolute atomic E-state index is 12.2. The molecule has 2 aliphatic heterocycles. The number of hydrogen-bond acceptors (Lipinski definition) is 4. The highest BCUT2D eigenvalue weighted by atomic mass is 79.9. The number of benzene rings is 1. The number of carbonyl (C=O) groups excluding carboxylic acids is 1. The Hall–Kier alpha value is -0.950. The lowest BCUT2D eigenvalue weighted by atomic mass is 9.86. The minimum Gasteiger partial charge on any atom is -0.377 e. The standard InChI is InChI=1S/C17H23BrN2O3/c1-22-15-11-20(9-8-17(15)7-2-10-23-17)12-16(21)19-14-5-3-13(18)4-6-14/h3-6,15H,2,7-12H2,1H3,(H,19,21)/t15-,17-/m1/s1. The highest BCUT2D eigenvalue weighted by molar-refractivity contribution is 9.10. The molecule has 2 saturated heterocycles. The van der Waals surface area contributed by atoms with Crippen LogP contribution in [0.5, 0.6) is 0 Å². The van der Waals surface area contributed by atoms with E-state index in [1.807, 2.05) is 24.3 Å². The molecule has 1 amide bonds. The van der Waals surface area contributed by atoms with Gasteiger partial charge in [0.25, 0.3) is 0 Å². The number of halogens is 1. The van der Waals surface area contributed by atoms with Crippen molar-refractivity contribution in [3.63, 3.8) is 0 Å². The summed E-state index contributed by atoms with van der Waals surface area (Å²) in [5.74, 6) is 0.00506. The molecule has 0 bridgehead atoms. The fraction of sp³-hybridized carbons (Fsp3) is 0.588. The maximum atomic E-state index is 12.2. The van der Waals surface area contributed by atoms with E-state index < -0.39 is 0 Å². The third-order valence-electron chi connectivity index (χ3n) is 4.78. The van der Waals surface area contributed by atoms with E-state index in [4.69, 9.17) is 9.47 Å². The third kappa shape index (κ3) is 3.94. The van der Waals surface area contributed by atoms with Crippen molar-refractivity contribution < 1.29 is 14.3 Å². The first-order valence-electron chi connectivity index (χ1n) is 8.06. The van der Waals surface area contributed by atoms with E-state index in [2.05, 4.69) is 26.1 Å². The minimum absolute atomic E-state index is 0.00506. The quantitative estimate of drug-likeness (QED) is 0.869. The zero-order valence-electron chi connectivity index (χ0n) is 13.4. The zero-order chi connectivity index (χ0) is 16.3. The second kappa shape index (κ2) is 7.30. The van der Waals surface area contributed by atoms with Gasteiger partial charge in [0.1, 0.15) is 0 Å². The topological polar surface area (TPSA) is 50.8 Å². The molecule has 0 aliphatic carbocycles. The second-order valence-electron chi connectivity index (χ2n) is 6.28. The highest BCUT2D eigenvalue weighted by Crippen LogP contribution is 2.37. The summed E-state index contributed by atoms with van der Waals surface area (Å²) >= 11 is 3.39. The van der Waals surface area contributed by atoms with Crippen LogP contribution >= 0.6 is 15.9 Å². The van der Waals surface area contributed by atoms with Crippen molar-refractivity contribution in [2.24, 2.45) is 0 Å². The molecule has 23 heavy (non-hydrogen) atoms. The van der Waals surface area contributed by atoms with Gasteiger partial charge in [-0.25, -0.2) is 0 Å². The van der Waals surface area contributed by atoms with Crippen LogP contribution in [-0.2, 0) is 14.3 Å². The van der Waals surface area contributed by atoms with Gasteiger partial charge in [0.15, 0.2) is 0 Å². The third-order valence-corrected chi connectivity index (χ3v) is 5.30. The summed E-state index contributed by atoms with van der Waals surface area (Å²) in [7, 11) is 1.74. The van der Waals surface area contributed by atoms with Gasteiger partial charge in [0, 0.05) is 37.0 Å². The Balaban J connectivity index is 1.54. The first-order chi connectivity index (χ1) is 11.1. The van der Waals surface area contributed by atoms with Crippen LogP contribution in [0.1, 0.15) is 19.3 Å². The number of carbonyl (C=O) groups is 1. The Morgan fingerprint density at radius 1 is 1.43 bits per heavy atom. The number of rotatable bonds is 4. The van der Waals surface area contributed by atoms with Gasteiger partial charge in [-0.1, -0.05) is 15.9 Å². The predicted molar refractivity (Wildman–Crippen MR) is 92.5 cm³/mol. The summed E-state index contributed by atoms with van der Waals surface area (Å²) in [5, 5.41) is 2.94. The summed E-state index contributed by atoms with van der Waals surface area (Å²) in [4.78, 5) is 14.4. The van der Waals surface area contributed by atoms with E-state index in [1.54, 1.807) is 7.11 Å². The van der Waals surface area contributed by atoms with Crippen LogP contribution in [0, 0.1) is 0 Å². The van der Waals surface area contributed by atoms with Gasteiger partial charge in [-0.05, 0) is 43.5 Å². The summed E-state index contributed by atoms with van der Waals surface area (Å²) in [6.45, 7) is 2.81. The van der Waals surface area contributed by atoms with E-state index in [9.17, 15) is 4.79 Å². The SMILES string of the molecule is CO[C@@H]1CN(CC(=O)Nc2ccc(Br)cc2)CC[C@]12CCCO2. The van der Waals surface area contributed by atoms with Gasteiger partial charge in [0.05, 0.1) is 18.2 Å². The highest BCUT2D eigenvalue weighted by Gasteiger charge is 2.46. The van der Waals surface area contributed by atoms with Gasteiger partial charge >= 0.3 is 0 Å². The molecule has 1 spiro atoms. The van der Waals surface area contributed by atoms with Crippen LogP contribution in [-0.4, -0.2) is 55.9 Å². The fourth-order valence-corrected chi connectivity index (χ4v) is 3.80. The Bertz CT molecular complexity index is 543. The first kappa shape index (κ1) is 16.9. The van der Waals surface area contributed by atoms with E-state index >= 15 is 0 Å². The van der Waals surface area contributed by atoms with Crippen molar-refractivity contribution in [3.8, 4) is 0 Å². The molecule has 5 nitrogen and oxygen atoms in total. The molecule has 3 rings (SSSR count). The van der Waals surface area contributed by atoms with Gasteiger partial charge < -0.3 is 14.8 Å². The molecule has 2 heterocycles. The number of methoxy groups -OCH3 is 1. The molecule has 0 saturated carbocycles. The molecule has 1 aromatic carbocycles. The molecule has 126 valence electrons. The zero-order valence-corrected chi connectivity index (χ0v) is 15.0. The van der Waals surface area contributed by atoms with Gasteiger partial charge in [-0.3, -0.25) is 9.69 Å². The number of nitrogens with one attached hydrogen (secondary N) is 1. The predicted octanol–water partition coefficient (Wildman–Crippen LogP) is 2.66. The minimum atomic E-state index is -0.132. The van der Waals surface area contributed by atoms with Crippen LogP contribution < -0.4 is 5.32 Å². The maximum Gasteiger partial charge on any atom is 0.238 e. The summed E-state index contributed by atoms with van der Waals surface area (Å²) in [5.41, 5.74) is 0.682. The molecule has 0 unspecified atom stereocenters. The van der Waals surface area contributed by atoms with Crippen molar-refractivity contribution in [3.05, 3.63) is 28.7 Å². The van der Waals surface area contributed by atoms with Crippen LogP contribution in [0.25, 0.3) is 0 Å². The smallest absolute Gasteiger partial charge is 0.238 e.